The molecule has 0 aromatic heterocycles. The van der Waals surface area contributed by atoms with Gasteiger partial charge in [0.15, 0.2) is 5.71 Å². The fraction of sp³-hybridized carbons (Fsp3) is 0.421. The van der Waals surface area contributed by atoms with Gasteiger partial charge in [-0.15, -0.1) is 0 Å². The van der Waals surface area contributed by atoms with E-state index >= 15 is 0 Å². The highest BCUT2D eigenvalue weighted by Gasteiger charge is 2.60. The van der Waals surface area contributed by atoms with E-state index < -0.39 is 35.3 Å². The first kappa shape index (κ1) is 20.0. The molecule has 0 N–H and O–H groups in total. The molecule has 0 bridgehead atoms. The van der Waals surface area contributed by atoms with Gasteiger partial charge in [-0.05, 0) is 45.0 Å². The highest BCUT2D eigenvalue weighted by atomic mass is 35.5. The SMILES string of the molecule is COC(=O)C1=NN(C(C)(C)CC(C)=O)[C@@H]2C(=O)N(c3ccc(Cl)cc3)C(=O)[C@H]12. The number of halogens is 1. The average molecular weight is 406 g/mol. The first-order chi connectivity index (χ1) is 13.1. The normalized spacial score (nSPS) is 21.7. The Hall–Kier alpha value is -2.74. The molecule has 3 rings (SSSR count). The van der Waals surface area contributed by atoms with Crippen LogP contribution in [0.1, 0.15) is 27.2 Å². The molecule has 28 heavy (non-hydrogen) atoms. The molecule has 2 atom stereocenters. The Morgan fingerprint density at radius 2 is 1.79 bits per heavy atom. The van der Waals surface area contributed by atoms with Crippen molar-refractivity contribution in [2.45, 2.75) is 38.8 Å². The first-order valence-electron chi connectivity index (χ1n) is 8.67. The Balaban J connectivity index is 2.07. The van der Waals surface area contributed by atoms with E-state index in [0.29, 0.717) is 10.7 Å². The van der Waals surface area contributed by atoms with Crippen LogP contribution in [0.3, 0.4) is 0 Å². The maximum Gasteiger partial charge on any atom is 0.355 e. The van der Waals surface area contributed by atoms with Crippen LogP contribution in [0.25, 0.3) is 0 Å². The van der Waals surface area contributed by atoms with E-state index in [2.05, 4.69) is 5.10 Å². The second-order valence-electron chi connectivity index (χ2n) is 7.42. The van der Waals surface area contributed by atoms with Crippen LogP contribution >= 0.6 is 11.6 Å². The standard InChI is InChI=1S/C19H20ClN3O5/c1-10(24)9-19(2,3)23-15-13(14(21-23)18(27)28-4)16(25)22(17(15)26)12-7-5-11(20)6-8-12/h5-8,13,15H,9H2,1-4H3/t13-,15+/m1/s1. The molecule has 9 heteroatoms. The molecule has 0 spiro atoms. The Labute approximate surface area is 167 Å². The van der Waals surface area contributed by atoms with Gasteiger partial charge in [0.1, 0.15) is 17.7 Å². The molecular weight excluding hydrogens is 386 g/mol. The number of carbonyl (C=O) groups excluding carboxylic acids is 4. The van der Waals surface area contributed by atoms with Crippen molar-refractivity contribution in [1.82, 2.24) is 5.01 Å². The fourth-order valence-electron chi connectivity index (χ4n) is 3.73. The number of amides is 2. The van der Waals surface area contributed by atoms with Crippen LogP contribution in [0.15, 0.2) is 29.4 Å². The summed E-state index contributed by atoms with van der Waals surface area (Å²) in [5, 5.41) is 6.10. The predicted octanol–water partition coefficient (Wildman–Crippen LogP) is 1.80. The minimum absolute atomic E-state index is 0.0938. The number of hydrogen-bond donors (Lipinski definition) is 0. The van der Waals surface area contributed by atoms with Crippen LogP contribution < -0.4 is 4.90 Å². The minimum Gasteiger partial charge on any atom is -0.464 e. The number of esters is 1. The maximum atomic E-state index is 13.2. The molecule has 2 heterocycles. The molecular formula is C19H20ClN3O5. The molecule has 1 fully saturated rings. The van der Waals surface area contributed by atoms with Gasteiger partial charge < -0.3 is 4.74 Å². The van der Waals surface area contributed by atoms with Crippen LogP contribution in [0.2, 0.25) is 5.02 Å². The van der Waals surface area contributed by atoms with Gasteiger partial charge in [-0.2, -0.15) is 5.10 Å². The van der Waals surface area contributed by atoms with Gasteiger partial charge >= 0.3 is 5.97 Å². The summed E-state index contributed by atoms with van der Waals surface area (Å²) in [5.41, 5.74) is -0.669. The third kappa shape index (κ3) is 3.17. The van der Waals surface area contributed by atoms with Crippen LogP contribution in [0.5, 0.6) is 0 Å². The average Bonchev–Trinajstić information content (AvgIpc) is 3.13. The van der Waals surface area contributed by atoms with E-state index in [4.69, 9.17) is 16.3 Å². The number of methoxy groups -OCH3 is 1. The van der Waals surface area contributed by atoms with Crippen LogP contribution in [-0.4, -0.2) is 53.0 Å². The Morgan fingerprint density at radius 1 is 1.18 bits per heavy atom. The molecule has 0 saturated carbocycles. The number of ether oxygens (including phenoxy) is 1. The lowest BCUT2D eigenvalue weighted by atomic mass is 9.92. The second kappa shape index (κ2) is 7.01. The molecule has 2 aliphatic rings. The number of carbonyl (C=O) groups is 4. The van der Waals surface area contributed by atoms with Crippen molar-refractivity contribution in [2.75, 3.05) is 12.0 Å². The van der Waals surface area contributed by atoms with E-state index in [1.54, 1.807) is 38.1 Å². The molecule has 2 amide bonds. The van der Waals surface area contributed by atoms with Gasteiger partial charge in [-0.3, -0.25) is 19.4 Å². The van der Waals surface area contributed by atoms with Crippen molar-refractivity contribution >= 4 is 46.6 Å². The second-order valence-corrected chi connectivity index (χ2v) is 7.86. The highest BCUT2D eigenvalue weighted by Crippen LogP contribution is 2.40. The van der Waals surface area contributed by atoms with Gasteiger partial charge in [0.25, 0.3) is 5.91 Å². The number of imide groups is 1. The van der Waals surface area contributed by atoms with E-state index in [0.717, 1.165) is 4.90 Å². The Morgan fingerprint density at radius 3 is 2.32 bits per heavy atom. The maximum absolute atomic E-state index is 13.2. The van der Waals surface area contributed by atoms with E-state index in [-0.39, 0.29) is 17.9 Å². The number of hydrazone groups is 1. The third-order valence-corrected chi connectivity index (χ3v) is 5.08. The van der Waals surface area contributed by atoms with Gasteiger partial charge in [-0.25, -0.2) is 9.69 Å². The lowest BCUT2D eigenvalue weighted by Gasteiger charge is -2.36. The lowest BCUT2D eigenvalue weighted by Crippen LogP contribution is -2.50. The topological polar surface area (TPSA) is 96.3 Å². The number of nitrogens with zero attached hydrogens (tertiary/aromatic N) is 3. The zero-order valence-corrected chi connectivity index (χ0v) is 16.7. The molecule has 0 aliphatic carbocycles. The number of hydrogen-bond acceptors (Lipinski definition) is 7. The highest BCUT2D eigenvalue weighted by molar-refractivity contribution is 6.46. The summed E-state index contributed by atoms with van der Waals surface area (Å²) in [6.45, 7) is 4.90. The predicted molar refractivity (Wildman–Crippen MR) is 102 cm³/mol. The molecule has 1 saturated heterocycles. The fourth-order valence-corrected chi connectivity index (χ4v) is 3.86. The van der Waals surface area contributed by atoms with Crippen molar-refractivity contribution in [2.24, 2.45) is 11.0 Å². The number of fused-ring (bicyclic) bond motifs is 1. The van der Waals surface area contributed by atoms with Gasteiger partial charge in [0, 0.05) is 11.4 Å². The van der Waals surface area contributed by atoms with Crippen molar-refractivity contribution < 1.29 is 23.9 Å². The van der Waals surface area contributed by atoms with Crippen LogP contribution in [0.4, 0.5) is 5.69 Å². The van der Waals surface area contributed by atoms with Gasteiger partial charge in [-0.1, -0.05) is 11.6 Å². The Bertz CT molecular complexity index is 893. The molecule has 1 aromatic rings. The molecule has 148 valence electrons. The summed E-state index contributed by atoms with van der Waals surface area (Å²) in [6, 6.07) is 5.22. The van der Waals surface area contributed by atoms with E-state index in [9.17, 15) is 19.2 Å². The van der Waals surface area contributed by atoms with Gasteiger partial charge in [0.2, 0.25) is 5.91 Å². The Kier molecular flexibility index (Phi) is 5.01. The summed E-state index contributed by atoms with van der Waals surface area (Å²) >= 11 is 5.89. The van der Waals surface area contributed by atoms with Crippen LogP contribution in [-0.2, 0) is 23.9 Å². The van der Waals surface area contributed by atoms with E-state index in [1.165, 1.54) is 19.0 Å². The first-order valence-corrected chi connectivity index (χ1v) is 9.05. The van der Waals surface area contributed by atoms with E-state index in [1.807, 2.05) is 0 Å². The minimum atomic E-state index is -1.10. The lowest BCUT2D eigenvalue weighted by molar-refractivity contribution is -0.133. The summed E-state index contributed by atoms with van der Waals surface area (Å²) in [6.07, 6.45) is 0.0938. The zero-order valence-electron chi connectivity index (χ0n) is 15.9. The smallest absolute Gasteiger partial charge is 0.355 e. The number of ketones is 1. The largest absolute Gasteiger partial charge is 0.464 e. The summed E-state index contributed by atoms with van der Waals surface area (Å²) in [5.74, 6) is -3.06. The quantitative estimate of drug-likeness (QED) is 0.547. The summed E-state index contributed by atoms with van der Waals surface area (Å²) in [7, 11) is 1.18. The molecule has 1 aromatic carbocycles. The monoisotopic (exact) mass is 405 g/mol. The summed E-state index contributed by atoms with van der Waals surface area (Å²) < 4.78 is 4.76. The zero-order chi connectivity index (χ0) is 20.8. The number of rotatable bonds is 5. The molecule has 0 radical (unpaired) electrons. The number of benzene rings is 1. The molecule has 8 nitrogen and oxygen atoms in total. The third-order valence-electron chi connectivity index (χ3n) is 4.83. The van der Waals surface area contributed by atoms with Gasteiger partial charge in [0.05, 0.1) is 18.3 Å². The van der Waals surface area contributed by atoms with Crippen LogP contribution in [0, 0.1) is 5.92 Å². The molecule has 0 unspecified atom stereocenters. The van der Waals surface area contributed by atoms with Crippen molar-refractivity contribution in [3.63, 3.8) is 0 Å². The molecule has 2 aliphatic heterocycles. The number of anilines is 1. The van der Waals surface area contributed by atoms with Crippen molar-refractivity contribution in [1.29, 1.82) is 0 Å². The number of Topliss-reactive ketones (excluding diaryl/α,β-unsaturated/α-hetero) is 1. The summed E-state index contributed by atoms with van der Waals surface area (Å²) in [4.78, 5) is 51.3. The van der Waals surface area contributed by atoms with Crippen molar-refractivity contribution in [3.05, 3.63) is 29.3 Å². The van der Waals surface area contributed by atoms with Crippen molar-refractivity contribution in [3.8, 4) is 0 Å².